The molecule has 0 amide bonds. The molecule has 0 saturated carbocycles. The van der Waals surface area contributed by atoms with E-state index in [-0.39, 0.29) is 20.1 Å². The molecule has 6 aromatic heterocycles. The van der Waals surface area contributed by atoms with Crippen LogP contribution in [0, 0.1) is 18.2 Å². The van der Waals surface area contributed by atoms with Crippen molar-refractivity contribution >= 4 is 43.6 Å². The molecule has 6 aromatic carbocycles. The summed E-state index contributed by atoms with van der Waals surface area (Å²) in [6.07, 6.45) is 7.27. The largest absolute Gasteiger partial charge is 3.00 e. The fraction of sp³-hybridized carbons (Fsp3) is 0. The number of hydrogen-bond donors (Lipinski definition) is 0. The van der Waals surface area contributed by atoms with E-state index in [2.05, 4.69) is 161 Å². The first-order valence-corrected chi connectivity index (χ1v) is 21.1. The Kier molecular flexibility index (Phi) is 10.3. The summed E-state index contributed by atoms with van der Waals surface area (Å²) in [6.45, 7) is 0. The number of rotatable bonds is 7. The van der Waals surface area contributed by atoms with Gasteiger partial charge in [-0.2, -0.15) is 0 Å². The van der Waals surface area contributed by atoms with Crippen molar-refractivity contribution in [1.82, 2.24) is 29.9 Å². The molecular weight excluding hydrogens is 973 g/mol. The van der Waals surface area contributed by atoms with E-state index in [9.17, 15) is 0 Å². The molecule has 7 heteroatoms. The summed E-state index contributed by atoms with van der Waals surface area (Å²) in [5.41, 5.74) is 16.9. The maximum Gasteiger partial charge on any atom is 3.00 e. The zero-order chi connectivity index (χ0) is 42.4. The Morgan fingerprint density at radius 2 is 0.785 bits per heavy atom. The molecule has 0 bridgehead atoms. The Morgan fingerprint density at radius 3 is 1.25 bits per heavy atom. The predicted molar refractivity (Wildman–Crippen MR) is 258 cm³/mol. The van der Waals surface area contributed by atoms with Gasteiger partial charge < -0.3 is 29.9 Å². The third-order valence-electron chi connectivity index (χ3n) is 11.8. The standard InChI is InChI=1S/C58H33N6.Ir/c1-4-16-46(52-25-22-39(36-62-52)51-19-7-8-30-59-51)43(13-1)40-33-41(44-14-2-5-17-47(44)53-28-23-49-55(63-53)26-20-37-11-9-31-60-57(37)49)35-42(34-40)45-15-3-6-18-48(45)54-29-24-50-56(64-54)27-21-38-12-10-32-61-58(38)50;/h1-21,25-36H;/q-3;+3. The number of hydrogen-bond acceptors (Lipinski definition) is 6. The van der Waals surface area contributed by atoms with Crippen molar-refractivity contribution in [3.05, 3.63) is 219 Å². The molecule has 0 radical (unpaired) electrons. The molecule has 0 aliphatic carbocycles. The van der Waals surface area contributed by atoms with Gasteiger partial charge in [-0.15, -0.1) is 42.0 Å². The number of pyridine rings is 6. The smallest absolute Gasteiger partial charge is 0.352 e. The van der Waals surface area contributed by atoms with Crippen LogP contribution in [0.2, 0.25) is 0 Å². The van der Waals surface area contributed by atoms with Gasteiger partial charge in [-0.1, -0.05) is 138 Å². The summed E-state index contributed by atoms with van der Waals surface area (Å²) in [5.74, 6) is 0. The van der Waals surface area contributed by atoms with Gasteiger partial charge in [0.15, 0.2) is 0 Å². The maximum atomic E-state index is 5.22. The third-order valence-corrected chi connectivity index (χ3v) is 11.8. The van der Waals surface area contributed by atoms with Gasteiger partial charge in [0.2, 0.25) is 0 Å². The Balaban J connectivity index is 0.00000469. The van der Waals surface area contributed by atoms with Crippen LogP contribution in [0.3, 0.4) is 0 Å². The molecule has 6 heterocycles. The van der Waals surface area contributed by atoms with E-state index >= 15 is 0 Å². The fourth-order valence-electron chi connectivity index (χ4n) is 8.75. The molecule has 0 aliphatic heterocycles. The molecule has 0 unspecified atom stereocenters. The quantitative estimate of drug-likeness (QED) is 0.117. The molecule has 304 valence electrons. The van der Waals surface area contributed by atoms with E-state index in [0.29, 0.717) is 0 Å². The van der Waals surface area contributed by atoms with Gasteiger partial charge in [0.05, 0.1) is 0 Å². The van der Waals surface area contributed by atoms with Gasteiger partial charge >= 0.3 is 20.1 Å². The second-order valence-electron chi connectivity index (χ2n) is 15.6. The van der Waals surface area contributed by atoms with Gasteiger partial charge in [-0.05, 0) is 142 Å². The molecule has 0 aliphatic rings. The number of nitrogens with zero attached hydrogens (tertiary/aromatic N) is 6. The molecule has 0 atom stereocenters. The third kappa shape index (κ3) is 7.33. The Bertz CT molecular complexity index is 3560. The molecule has 0 saturated heterocycles. The monoisotopic (exact) mass is 1010 g/mol. The van der Waals surface area contributed by atoms with Crippen molar-refractivity contribution in [3.63, 3.8) is 0 Å². The number of aromatic nitrogens is 6. The van der Waals surface area contributed by atoms with Crippen molar-refractivity contribution < 1.29 is 20.1 Å². The minimum Gasteiger partial charge on any atom is -0.352 e. The van der Waals surface area contributed by atoms with Crippen LogP contribution >= 0.6 is 0 Å². The summed E-state index contributed by atoms with van der Waals surface area (Å²) in [5, 5.41) is 3.93. The zero-order valence-electron chi connectivity index (χ0n) is 34.6. The summed E-state index contributed by atoms with van der Waals surface area (Å²) in [7, 11) is 0. The first kappa shape index (κ1) is 39.7. The van der Waals surface area contributed by atoms with Crippen molar-refractivity contribution in [1.29, 1.82) is 0 Å². The van der Waals surface area contributed by atoms with Crippen LogP contribution in [0.4, 0.5) is 0 Å². The minimum absolute atomic E-state index is 0. The first-order chi connectivity index (χ1) is 31.7. The van der Waals surface area contributed by atoms with Crippen molar-refractivity contribution in [3.8, 4) is 78.4 Å². The van der Waals surface area contributed by atoms with Crippen molar-refractivity contribution in [2.45, 2.75) is 0 Å². The van der Waals surface area contributed by atoms with Crippen LogP contribution in [0.15, 0.2) is 201 Å². The molecule has 12 aromatic rings. The number of benzene rings is 6. The number of fused-ring (bicyclic) bond motifs is 6. The van der Waals surface area contributed by atoms with Crippen LogP contribution in [-0.4, -0.2) is 29.9 Å². The van der Waals surface area contributed by atoms with Gasteiger partial charge in [-0.25, -0.2) is 0 Å². The van der Waals surface area contributed by atoms with E-state index in [0.717, 1.165) is 122 Å². The maximum absolute atomic E-state index is 5.22. The zero-order valence-corrected chi connectivity index (χ0v) is 37.0. The Hall–Kier alpha value is -8.09. The molecular formula is C58H33IrN6. The topological polar surface area (TPSA) is 77.3 Å². The van der Waals surface area contributed by atoms with E-state index in [4.69, 9.17) is 15.0 Å². The summed E-state index contributed by atoms with van der Waals surface area (Å²) < 4.78 is 0. The molecule has 0 fully saturated rings. The van der Waals surface area contributed by atoms with E-state index in [1.165, 1.54) is 0 Å². The van der Waals surface area contributed by atoms with Gasteiger partial charge in [0, 0.05) is 18.6 Å². The van der Waals surface area contributed by atoms with Crippen molar-refractivity contribution in [2.75, 3.05) is 0 Å². The summed E-state index contributed by atoms with van der Waals surface area (Å²) in [6, 6.07) is 70.9. The summed E-state index contributed by atoms with van der Waals surface area (Å²) >= 11 is 0. The van der Waals surface area contributed by atoms with Crippen LogP contribution in [0.25, 0.3) is 122 Å². The Morgan fingerprint density at radius 1 is 0.338 bits per heavy atom. The van der Waals surface area contributed by atoms with Crippen LogP contribution in [0.1, 0.15) is 0 Å². The molecule has 6 nitrogen and oxygen atoms in total. The van der Waals surface area contributed by atoms with E-state index in [1.807, 2.05) is 67.1 Å². The normalized spacial score (nSPS) is 11.3. The minimum atomic E-state index is 0. The SMILES string of the molecule is [Ir+3].[c-]1cc(-c2ccccc2-c2cc(-c3ccccc3-c3c[c-]c4c(ccc5cccnc54)n3)cc(-c3ccccc3-c3c[c-]c4c(ccc5cccnc54)n3)c2)ncc1-c1ccccn1. The molecule has 0 N–H and O–H groups in total. The van der Waals surface area contributed by atoms with Gasteiger partial charge in [-0.3, -0.25) is 0 Å². The van der Waals surface area contributed by atoms with E-state index in [1.54, 1.807) is 6.20 Å². The first-order valence-electron chi connectivity index (χ1n) is 21.1. The average Bonchev–Trinajstić information content (AvgIpc) is 3.38. The van der Waals surface area contributed by atoms with Gasteiger partial charge in [0.25, 0.3) is 0 Å². The van der Waals surface area contributed by atoms with Crippen LogP contribution in [0.5, 0.6) is 0 Å². The Labute approximate surface area is 388 Å². The van der Waals surface area contributed by atoms with E-state index < -0.39 is 0 Å². The molecule has 65 heavy (non-hydrogen) atoms. The predicted octanol–water partition coefficient (Wildman–Crippen LogP) is 13.7. The molecule has 12 rings (SSSR count). The average molecular weight is 1010 g/mol. The summed E-state index contributed by atoms with van der Waals surface area (Å²) in [4.78, 5) is 29.3. The van der Waals surface area contributed by atoms with Crippen LogP contribution in [-0.2, 0) is 20.1 Å². The fourth-order valence-corrected chi connectivity index (χ4v) is 8.75. The van der Waals surface area contributed by atoms with Gasteiger partial charge in [0.1, 0.15) is 0 Å². The van der Waals surface area contributed by atoms with Crippen molar-refractivity contribution in [2.24, 2.45) is 0 Å². The second-order valence-corrected chi connectivity index (χ2v) is 15.6. The van der Waals surface area contributed by atoms with Crippen LogP contribution < -0.4 is 0 Å². The molecule has 0 spiro atoms. The second kappa shape index (κ2) is 16.9.